The van der Waals surface area contributed by atoms with Crippen LogP contribution in [0.1, 0.15) is 0 Å². The van der Waals surface area contributed by atoms with Crippen molar-refractivity contribution >= 4 is 28.7 Å². The van der Waals surface area contributed by atoms with Gasteiger partial charge in [0.2, 0.25) is 0 Å². The lowest BCUT2D eigenvalue weighted by Crippen LogP contribution is -1.97. The quantitative estimate of drug-likeness (QED) is 0.831. The van der Waals surface area contributed by atoms with Gasteiger partial charge in [0.1, 0.15) is 11.6 Å². The lowest BCUT2D eigenvalue weighted by atomic mass is 10.2. The van der Waals surface area contributed by atoms with Crippen molar-refractivity contribution in [1.82, 2.24) is 0 Å². The summed E-state index contributed by atoms with van der Waals surface area (Å²) in [6, 6.07) is 9.32. The smallest absolute Gasteiger partial charge is 0.137 e. The standard InChI is InChI=1S/C13H12ClFN2O/c1-18-13-5-3-9(7-10(13)14)17-12-6-8(15)2-4-11(12)16/h2-7,17H,16H2,1H3. The molecule has 2 aromatic carbocycles. The van der Waals surface area contributed by atoms with Crippen molar-refractivity contribution in [2.24, 2.45) is 0 Å². The lowest BCUT2D eigenvalue weighted by molar-refractivity contribution is 0.415. The van der Waals surface area contributed by atoms with Gasteiger partial charge in [0, 0.05) is 5.69 Å². The number of methoxy groups -OCH3 is 1. The maximum atomic E-state index is 13.1. The van der Waals surface area contributed by atoms with Gasteiger partial charge in [-0.1, -0.05) is 11.6 Å². The van der Waals surface area contributed by atoms with E-state index in [9.17, 15) is 4.39 Å². The molecule has 0 saturated heterocycles. The van der Waals surface area contributed by atoms with E-state index < -0.39 is 0 Å². The van der Waals surface area contributed by atoms with Crippen LogP contribution in [0.3, 0.4) is 0 Å². The van der Waals surface area contributed by atoms with E-state index in [4.69, 9.17) is 22.1 Å². The third kappa shape index (κ3) is 2.65. The van der Waals surface area contributed by atoms with Gasteiger partial charge < -0.3 is 15.8 Å². The molecule has 2 aromatic rings. The van der Waals surface area contributed by atoms with Crippen molar-refractivity contribution in [2.75, 3.05) is 18.2 Å². The summed E-state index contributed by atoms with van der Waals surface area (Å²) in [5, 5.41) is 3.47. The molecule has 0 fully saturated rings. The van der Waals surface area contributed by atoms with E-state index in [0.29, 0.717) is 27.8 Å². The molecular weight excluding hydrogens is 255 g/mol. The number of ether oxygens (including phenoxy) is 1. The Morgan fingerprint density at radius 3 is 2.67 bits per heavy atom. The molecule has 0 bridgehead atoms. The molecule has 3 nitrogen and oxygen atoms in total. The Hall–Kier alpha value is -1.94. The minimum Gasteiger partial charge on any atom is -0.495 e. The molecule has 0 spiro atoms. The Bertz CT molecular complexity index is 575. The second kappa shape index (κ2) is 5.14. The van der Waals surface area contributed by atoms with Crippen LogP contribution in [0.25, 0.3) is 0 Å². The molecule has 18 heavy (non-hydrogen) atoms. The Morgan fingerprint density at radius 1 is 1.22 bits per heavy atom. The number of anilines is 3. The van der Waals surface area contributed by atoms with Gasteiger partial charge in [-0.25, -0.2) is 4.39 Å². The fraction of sp³-hybridized carbons (Fsp3) is 0.0769. The van der Waals surface area contributed by atoms with Crippen molar-refractivity contribution in [3.8, 4) is 5.75 Å². The van der Waals surface area contributed by atoms with E-state index in [-0.39, 0.29) is 5.82 Å². The fourth-order valence-electron chi connectivity index (χ4n) is 1.54. The molecule has 0 aromatic heterocycles. The van der Waals surface area contributed by atoms with E-state index >= 15 is 0 Å². The first-order valence-corrected chi connectivity index (χ1v) is 5.63. The number of hydrogen-bond acceptors (Lipinski definition) is 3. The SMILES string of the molecule is COc1ccc(Nc2cc(F)ccc2N)cc1Cl. The fourth-order valence-corrected chi connectivity index (χ4v) is 1.79. The van der Waals surface area contributed by atoms with Crippen molar-refractivity contribution in [2.45, 2.75) is 0 Å². The molecule has 2 rings (SSSR count). The Balaban J connectivity index is 2.28. The van der Waals surface area contributed by atoms with Gasteiger partial charge in [-0.05, 0) is 36.4 Å². The van der Waals surface area contributed by atoms with Crippen molar-refractivity contribution in [3.05, 3.63) is 47.2 Å². The van der Waals surface area contributed by atoms with Crippen LogP contribution in [0.2, 0.25) is 5.02 Å². The maximum absolute atomic E-state index is 13.1. The minimum absolute atomic E-state index is 0.355. The molecule has 0 aliphatic heterocycles. The molecule has 0 atom stereocenters. The van der Waals surface area contributed by atoms with Crippen LogP contribution in [0.15, 0.2) is 36.4 Å². The number of benzene rings is 2. The van der Waals surface area contributed by atoms with Gasteiger partial charge in [0.25, 0.3) is 0 Å². The molecule has 0 aliphatic rings. The summed E-state index contributed by atoms with van der Waals surface area (Å²) in [7, 11) is 1.54. The highest BCUT2D eigenvalue weighted by molar-refractivity contribution is 6.32. The number of nitrogens with two attached hydrogens (primary N) is 1. The van der Waals surface area contributed by atoms with Crippen LogP contribution < -0.4 is 15.8 Å². The van der Waals surface area contributed by atoms with Gasteiger partial charge in [0.15, 0.2) is 0 Å². The van der Waals surface area contributed by atoms with Gasteiger partial charge in [-0.3, -0.25) is 0 Å². The highest BCUT2D eigenvalue weighted by atomic mass is 35.5. The predicted octanol–water partition coefficient (Wildman–Crippen LogP) is 3.81. The number of halogens is 2. The van der Waals surface area contributed by atoms with Gasteiger partial charge in [-0.2, -0.15) is 0 Å². The van der Waals surface area contributed by atoms with E-state index in [1.807, 2.05) is 0 Å². The summed E-state index contributed by atoms with van der Waals surface area (Å²) in [6.45, 7) is 0. The largest absolute Gasteiger partial charge is 0.495 e. The Kier molecular flexibility index (Phi) is 3.58. The molecule has 0 heterocycles. The molecule has 5 heteroatoms. The Morgan fingerprint density at radius 2 is 2.00 bits per heavy atom. The zero-order chi connectivity index (χ0) is 13.1. The molecule has 0 amide bonds. The monoisotopic (exact) mass is 266 g/mol. The average Bonchev–Trinajstić information content (AvgIpc) is 2.34. The molecule has 0 aliphatic carbocycles. The number of nitrogens with one attached hydrogen (secondary N) is 1. The summed E-state index contributed by atoms with van der Waals surface area (Å²) in [5.41, 5.74) is 7.41. The predicted molar refractivity (Wildman–Crippen MR) is 72.1 cm³/mol. The molecule has 0 radical (unpaired) electrons. The first-order valence-electron chi connectivity index (χ1n) is 5.26. The maximum Gasteiger partial charge on any atom is 0.137 e. The molecular formula is C13H12ClFN2O. The van der Waals surface area contributed by atoms with E-state index in [0.717, 1.165) is 0 Å². The van der Waals surface area contributed by atoms with E-state index in [1.54, 1.807) is 25.3 Å². The van der Waals surface area contributed by atoms with Gasteiger partial charge in [-0.15, -0.1) is 0 Å². The summed E-state index contributed by atoms with van der Waals surface area (Å²) >= 11 is 6.00. The third-order valence-corrected chi connectivity index (χ3v) is 2.74. The highest BCUT2D eigenvalue weighted by Gasteiger charge is 2.05. The summed E-state index contributed by atoms with van der Waals surface area (Å²) in [6.07, 6.45) is 0. The van der Waals surface area contributed by atoms with Crippen molar-refractivity contribution in [1.29, 1.82) is 0 Å². The van der Waals surface area contributed by atoms with Gasteiger partial charge in [0.05, 0.1) is 23.5 Å². The summed E-state index contributed by atoms with van der Waals surface area (Å²) in [4.78, 5) is 0. The molecule has 3 N–H and O–H groups in total. The topological polar surface area (TPSA) is 47.3 Å². The van der Waals surface area contributed by atoms with Crippen LogP contribution in [0.4, 0.5) is 21.5 Å². The lowest BCUT2D eigenvalue weighted by Gasteiger charge is -2.11. The van der Waals surface area contributed by atoms with Crippen LogP contribution in [-0.2, 0) is 0 Å². The first-order chi connectivity index (χ1) is 8.60. The Labute approximate surface area is 109 Å². The second-order valence-electron chi connectivity index (χ2n) is 3.71. The zero-order valence-corrected chi connectivity index (χ0v) is 10.5. The normalized spacial score (nSPS) is 10.2. The zero-order valence-electron chi connectivity index (χ0n) is 9.71. The third-order valence-electron chi connectivity index (χ3n) is 2.45. The van der Waals surface area contributed by atoms with Crippen LogP contribution in [-0.4, -0.2) is 7.11 Å². The highest BCUT2D eigenvalue weighted by Crippen LogP contribution is 2.30. The number of hydrogen-bond donors (Lipinski definition) is 2. The number of nitrogen functional groups attached to an aromatic ring is 1. The van der Waals surface area contributed by atoms with Crippen molar-refractivity contribution < 1.29 is 9.13 Å². The molecule has 94 valence electrons. The summed E-state index contributed by atoms with van der Waals surface area (Å²) < 4.78 is 18.2. The van der Waals surface area contributed by atoms with Crippen LogP contribution >= 0.6 is 11.6 Å². The van der Waals surface area contributed by atoms with Gasteiger partial charge >= 0.3 is 0 Å². The van der Waals surface area contributed by atoms with E-state index in [1.165, 1.54) is 18.2 Å². The molecule has 0 unspecified atom stereocenters. The molecule has 0 saturated carbocycles. The average molecular weight is 267 g/mol. The van der Waals surface area contributed by atoms with Crippen molar-refractivity contribution in [3.63, 3.8) is 0 Å². The minimum atomic E-state index is -0.355. The van der Waals surface area contributed by atoms with Crippen LogP contribution in [0, 0.1) is 5.82 Å². The van der Waals surface area contributed by atoms with E-state index in [2.05, 4.69) is 5.32 Å². The second-order valence-corrected chi connectivity index (χ2v) is 4.11. The van der Waals surface area contributed by atoms with Crippen LogP contribution in [0.5, 0.6) is 5.75 Å². The number of rotatable bonds is 3. The first kappa shape index (κ1) is 12.5. The summed E-state index contributed by atoms with van der Waals surface area (Å²) in [5.74, 6) is 0.223.